The first-order valence-electron chi connectivity index (χ1n) is 17.8. The van der Waals surface area contributed by atoms with Gasteiger partial charge < -0.3 is 14.0 Å². The summed E-state index contributed by atoms with van der Waals surface area (Å²) in [4.78, 5) is 9.67. The molecular weight excluding hydrogens is 843 g/mol. The molecule has 53 heavy (non-hydrogen) atoms. The van der Waals surface area contributed by atoms with Crippen molar-refractivity contribution in [3.05, 3.63) is 157 Å². The second-order valence-electron chi connectivity index (χ2n) is 15.4. The van der Waals surface area contributed by atoms with Crippen molar-refractivity contribution in [3.8, 4) is 28.3 Å². The fraction of sp³-hybridized carbons (Fsp3) is 0.149. The molecule has 6 heteroatoms. The molecule has 0 N–H and O–H groups in total. The molecule has 3 aromatic heterocycles. The van der Waals surface area contributed by atoms with Gasteiger partial charge >= 0.3 is 0 Å². The predicted molar refractivity (Wildman–Crippen MR) is 220 cm³/mol. The summed E-state index contributed by atoms with van der Waals surface area (Å²) in [6, 6.07) is 52.8. The molecular formula is C47H41IrN3OSi-2. The van der Waals surface area contributed by atoms with E-state index < -0.39 is 8.07 Å². The maximum Gasteiger partial charge on any atom is 0.120 e. The molecule has 0 amide bonds. The number of nitrogens with zero attached hydrogens (tertiary/aromatic N) is 3. The largest absolute Gasteiger partial charge is 0.501 e. The van der Waals surface area contributed by atoms with Gasteiger partial charge in [0.25, 0.3) is 0 Å². The number of hydrogen-bond acceptors (Lipinski definition) is 3. The number of para-hydroxylation sites is 3. The third kappa shape index (κ3) is 7.03. The molecule has 6 aromatic carbocycles. The van der Waals surface area contributed by atoms with Gasteiger partial charge in [0.1, 0.15) is 5.58 Å². The summed E-state index contributed by atoms with van der Waals surface area (Å²) in [6.45, 7) is 13.7. The van der Waals surface area contributed by atoms with Gasteiger partial charge in [-0.1, -0.05) is 130 Å². The number of aromatic nitrogens is 3. The minimum Gasteiger partial charge on any atom is -0.501 e. The van der Waals surface area contributed by atoms with Crippen molar-refractivity contribution in [1.29, 1.82) is 0 Å². The Kier molecular flexibility index (Phi) is 9.82. The number of furan rings is 1. The van der Waals surface area contributed by atoms with E-state index in [9.17, 15) is 0 Å². The molecule has 3 heterocycles. The Labute approximate surface area is 325 Å². The number of fused-ring (bicyclic) bond motifs is 5. The summed E-state index contributed by atoms with van der Waals surface area (Å²) < 4.78 is 8.56. The minimum atomic E-state index is -1.26. The van der Waals surface area contributed by atoms with Gasteiger partial charge in [-0.3, -0.25) is 4.98 Å². The van der Waals surface area contributed by atoms with Crippen molar-refractivity contribution in [3.63, 3.8) is 0 Å². The van der Waals surface area contributed by atoms with Crippen molar-refractivity contribution in [2.75, 3.05) is 0 Å². The number of hydrogen-bond donors (Lipinski definition) is 0. The number of rotatable bonds is 4. The summed E-state index contributed by atoms with van der Waals surface area (Å²) in [5, 5.41) is 5.94. The van der Waals surface area contributed by atoms with Crippen LogP contribution in [-0.4, -0.2) is 22.6 Å². The SMILES string of the molecule is CC(C)(C)c1c[c-]c(-c2ccc([Si](C)(C)C)cn2)cc1.[Ir].[c-]1ccc2c(oc3ccccc32)c1-c1nc2ccccc2n1-c1cccc2ccccc12. The molecule has 4 nitrogen and oxygen atoms in total. The molecule has 0 spiro atoms. The van der Waals surface area contributed by atoms with Crippen molar-refractivity contribution in [1.82, 2.24) is 14.5 Å². The van der Waals surface area contributed by atoms with Crippen LogP contribution in [0.2, 0.25) is 19.6 Å². The zero-order valence-corrected chi connectivity index (χ0v) is 34.3. The molecule has 0 saturated carbocycles. The molecule has 1 radical (unpaired) electrons. The Hall–Kier alpha value is -5.13. The molecule has 9 rings (SSSR count). The second kappa shape index (κ2) is 14.4. The van der Waals surface area contributed by atoms with E-state index in [1.165, 1.54) is 21.5 Å². The van der Waals surface area contributed by atoms with Crippen LogP contribution in [0.3, 0.4) is 0 Å². The molecule has 0 aliphatic carbocycles. The molecule has 0 bridgehead atoms. The summed E-state index contributed by atoms with van der Waals surface area (Å²) in [5.74, 6) is 0.826. The van der Waals surface area contributed by atoms with E-state index in [1.807, 2.05) is 36.5 Å². The number of pyridine rings is 1. The van der Waals surface area contributed by atoms with Gasteiger partial charge in [-0.25, -0.2) is 0 Å². The predicted octanol–water partition coefficient (Wildman–Crippen LogP) is 11.9. The zero-order valence-electron chi connectivity index (χ0n) is 30.9. The molecule has 9 aromatic rings. The second-order valence-corrected chi connectivity index (χ2v) is 20.5. The van der Waals surface area contributed by atoms with Crippen LogP contribution < -0.4 is 5.19 Å². The van der Waals surface area contributed by atoms with Gasteiger partial charge in [0.15, 0.2) is 0 Å². The van der Waals surface area contributed by atoms with Crippen LogP contribution in [-0.2, 0) is 25.5 Å². The summed E-state index contributed by atoms with van der Waals surface area (Å²) in [5.41, 5.74) is 9.19. The smallest absolute Gasteiger partial charge is 0.120 e. The van der Waals surface area contributed by atoms with Gasteiger partial charge in [0.2, 0.25) is 0 Å². The Morgan fingerprint density at radius 2 is 1.43 bits per heavy atom. The van der Waals surface area contributed by atoms with Crippen molar-refractivity contribution in [2.45, 2.75) is 45.8 Å². The summed E-state index contributed by atoms with van der Waals surface area (Å²) >= 11 is 0. The van der Waals surface area contributed by atoms with Crippen LogP contribution in [0.4, 0.5) is 0 Å². The zero-order chi connectivity index (χ0) is 36.0. The normalized spacial score (nSPS) is 11.8. The first kappa shape index (κ1) is 36.2. The van der Waals surface area contributed by atoms with Gasteiger partial charge in [0.05, 0.1) is 30.5 Å². The number of benzene rings is 6. The quantitative estimate of drug-likeness (QED) is 0.131. The first-order chi connectivity index (χ1) is 25.1. The molecule has 0 atom stereocenters. The molecule has 0 unspecified atom stereocenters. The Balaban J connectivity index is 0.000000180. The van der Waals surface area contributed by atoms with Crippen molar-refractivity contribution in [2.24, 2.45) is 0 Å². The van der Waals surface area contributed by atoms with Crippen LogP contribution >= 0.6 is 0 Å². The van der Waals surface area contributed by atoms with Gasteiger partial charge in [-0.05, 0) is 45.9 Å². The molecule has 0 aliphatic heterocycles. The van der Waals surface area contributed by atoms with Gasteiger partial charge in [-0.2, -0.15) is 0 Å². The van der Waals surface area contributed by atoms with E-state index in [0.717, 1.165) is 61.3 Å². The molecule has 0 saturated heterocycles. The van der Waals surface area contributed by atoms with E-state index in [1.54, 1.807) is 0 Å². The van der Waals surface area contributed by atoms with Crippen molar-refractivity contribution < 1.29 is 24.5 Å². The van der Waals surface area contributed by atoms with E-state index in [-0.39, 0.29) is 25.5 Å². The molecule has 0 fully saturated rings. The van der Waals surface area contributed by atoms with Crippen LogP contribution in [0.25, 0.3) is 72.1 Å². The summed E-state index contributed by atoms with van der Waals surface area (Å²) in [6.07, 6.45) is 2.03. The van der Waals surface area contributed by atoms with E-state index in [4.69, 9.17) is 9.40 Å². The minimum absolute atomic E-state index is 0. The molecule has 265 valence electrons. The fourth-order valence-electron chi connectivity index (χ4n) is 6.74. The fourth-order valence-corrected chi connectivity index (χ4v) is 7.78. The van der Waals surface area contributed by atoms with Crippen LogP contribution in [0, 0.1) is 12.1 Å². The maximum atomic E-state index is 6.33. The third-order valence-electron chi connectivity index (χ3n) is 9.71. The van der Waals surface area contributed by atoms with Gasteiger partial charge in [-0.15, -0.1) is 53.6 Å². The van der Waals surface area contributed by atoms with Crippen LogP contribution in [0.1, 0.15) is 26.3 Å². The first-order valence-corrected chi connectivity index (χ1v) is 21.3. The Bertz CT molecular complexity index is 2640. The van der Waals surface area contributed by atoms with Gasteiger partial charge in [0, 0.05) is 42.8 Å². The number of imidazole rings is 1. The maximum absolute atomic E-state index is 6.33. The van der Waals surface area contributed by atoms with E-state index >= 15 is 0 Å². The Morgan fingerprint density at radius 3 is 2.17 bits per heavy atom. The van der Waals surface area contributed by atoms with E-state index in [0.29, 0.717) is 0 Å². The standard InChI is InChI=1S/C29H17N2O.C18H24NSi.Ir/c1-2-11-20-19(9-1)10-7-17-25(20)31-26-16-5-4-15-24(26)30-29(31)23-14-8-13-22-21-12-3-6-18-27(21)32-28(22)23;1-18(2,3)15-9-7-14(8-10-15)17-12-11-16(13-19-17)20(4,5)6;/h1-13,15-18H;7,9-13H,1-6H3;/q2*-1;. The average molecular weight is 884 g/mol. The van der Waals surface area contributed by atoms with Crippen molar-refractivity contribution >= 4 is 57.0 Å². The monoisotopic (exact) mass is 884 g/mol. The molecule has 0 aliphatic rings. The van der Waals surface area contributed by atoms with E-state index in [2.05, 4.69) is 165 Å². The van der Waals surface area contributed by atoms with Crippen LogP contribution in [0.15, 0.2) is 144 Å². The average Bonchev–Trinajstić information content (AvgIpc) is 3.73. The Morgan fingerprint density at radius 1 is 0.698 bits per heavy atom. The third-order valence-corrected chi connectivity index (χ3v) is 11.7. The summed E-state index contributed by atoms with van der Waals surface area (Å²) in [7, 11) is -1.26. The van der Waals surface area contributed by atoms with Crippen LogP contribution in [0.5, 0.6) is 0 Å². The topological polar surface area (TPSA) is 43.9 Å².